The summed E-state index contributed by atoms with van der Waals surface area (Å²) in [5.41, 5.74) is 2.13. The van der Waals surface area contributed by atoms with Crippen molar-refractivity contribution in [2.24, 2.45) is 11.3 Å². The number of carbonyl (C=O) groups is 1. The van der Waals surface area contributed by atoms with Crippen molar-refractivity contribution >= 4 is 44.0 Å². The summed E-state index contributed by atoms with van der Waals surface area (Å²) in [6.07, 6.45) is 7.97. The van der Waals surface area contributed by atoms with Gasteiger partial charge in [0.05, 0.1) is 46.3 Å². The molecule has 1 amide bonds. The molecule has 4 fully saturated rings. The first-order valence-corrected chi connectivity index (χ1v) is 25.9. The van der Waals surface area contributed by atoms with Crippen LogP contribution in [0.2, 0.25) is 0 Å². The molecule has 20 heteroatoms. The first kappa shape index (κ1) is 48.5. The molecule has 71 heavy (non-hydrogen) atoms. The van der Waals surface area contributed by atoms with Gasteiger partial charge in [-0.25, -0.2) is 13.1 Å². The number of aromatic nitrogens is 2. The fourth-order valence-corrected chi connectivity index (χ4v) is 12.5. The Morgan fingerprint density at radius 1 is 1.00 bits per heavy atom. The maximum Gasteiger partial charge on any atom is 0.388 e. The van der Waals surface area contributed by atoms with Crippen molar-refractivity contribution < 1.29 is 51.0 Å². The number of nitro groups is 1. The Kier molecular flexibility index (Phi) is 13.1. The largest absolute Gasteiger partial charge is 0.489 e. The molecule has 5 aliphatic rings. The summed E-state index contributed by atoms with van der Waals surface area (Å²) in [6, 6.07) is 18.7. The number of nitrogens with one attached hydrogen (secondary N) is 3. The number of hydrogen-bond acceptors (Lipinski definition) is 14. The number of alkyl halides is 2. The fourth-order valence-electron chi connectivity index (χ4n) is 11.5. The lowest BCUT2D eigenvalue weighted by Gasteiger charge is -2.57. The molecule has 4 N–H and O–H groups in total. The Morgan fingerprint density at radius 3 is 2.49 bits per heavy atom. The highest BCUT2D eigenvalue weighted by molar-refractivity contribution is 7.90. The Morgan fingerprint density at radius 2 is 1.76 bits per heavy atom. The molecule has 0 radical (unpaired) electrons. The van der Waals surface area contributed by atoms with Crippen LogP contribution in [0, 0.1) is 21.4 Å². The number of fused-ring (bicyclic) bond motifs is 2. The van der Waals surface area contributed by atoms with Gasteiger partial charge in [-0.05, 0) is 111 Å². The number of sulfonamides is 1. The molecule has 5 aromatic rings. The summed E-state index contributed by atoms with van der Waals surface area (Å²) in [6.45, 7) is 6.65. The molecule has 2 aromatic heterocycles. The maximum atomic E-state index is 14.2. The van der Waals surface area contributed by atoms with Gasteiger partial charge in [0.1, 0.15) is 18.0 Å². The van der Waals surface area contributed by atoms with Gasteiger partial charge >= 0.3 is 6.61 Å². The van der Waals surface area contributed by atoms with Crippen LogP contribution in [0.25, 0.3) is 11.0 Å². The van der Waals surface area contributed by atoms with Crippen LogP contribution >= 0.6 is 0 Å². The zero-order chi connectivity index (χ0) is 49.8. The van der Waals surface area contributed by atoms with E-state index < -0.39 is 49.5 Å². The third kappa shape index (κ3) is 9.95. The number of halogens is 2. The highest BCUT2D eigenvalue weighted by atomic mass is 32.2. The number of morpholine rings is 1. The second-order valence-corrected chi connectivity index (χ2v) is 22.1. The Hall–Kier alpha value is -6.09. The number of carbonyl (C=O) groups excluding carboxylic acids is 1. The number of benzene rings is 3. The number of rotatable bonds is 13. The Balaban J connectivity index is 0.889. The minimum atomic E-state index is -4.81. The van der Waals surface area contributed by atoms with Crippen molar-refractivity contribution in [2.45, 2.75) is 113 Å². The van der Waals surface area contributed by atoms with Gasteiger partial charge in [-0.2, -0.15) is 13.8 Å². The average Bonchev–Trinajstić information content (AvgIpc) is 3.79. The lowest BCUT2D eigenvalue weighted by Crippen LogP contribution is -2.58. The van der Waals surface area contributed by atoms with Crippen molar-refractivity contribution in [3.8, 4) is 23.1 Å². The van der Waals surface area contributed by atoms with Gasteiger partial charge < -0.3 is 39.3 Å². The highest BCUT2D eigenvalue weighted by Crippen LogP contribution is 2.53. The normalized spacial score (nSPS) is 23.7. The molecule has 2 saturated carbocycles. The van der Waals surface area contributed by atoms with E-state index in [2.05, 4.69) is 63.2 Å². The Labute approximate surface area is 410 Å². The molecule has 2 atom stereocenters. The van der Waals surface area contributed by atoms with Crippen molar-refractivity contribution in [2.75, 3.05) is 49.7 Å². The molecule has 2 saturated heterocycles. The van der Waals surface area contributed by atoms with E-state index in [4.69, 9.17) is 18.9 Å². The lowest BCUT2D eigenvalue weighted by atomic mass is 9.59. The molecule has 10 rings (SSSR count). The fraction of sp³-hybridized carbons (Fsp3) is 0.490. The van der Waals surface area contributed by atoms with Gasteiger partial charge in [-0.1, -0.05) is 38.1 Å². The predicted molar refractivity (Wildman–Crippen MR) is 260 cm³/mol. The number of piperidine rings is 1. The monoisotopic (exact) mass is 999 g/mol. The molecule has 1 spiro atoms. The summed E-state index contributed by atoms with van der Waals surface area (Å²) in [4.78, 5) is 37.2. The lowest BCUT2D eigenvalue weighted by molar-refractivity contribution is -0.384. The van der Waals surface area contributed by atoms with E-state index in [1.165, 1.54) is 23.3 Å². The first-order chi connectivity index (χ1) is 33.9. The summed E-state index contributed by atoms with van der Waals surface area (Å²) in [7, 11) is -4.81. The number of aromatic amines is 1. The van der Waals surface area contributed by atoms with Crippen LogP contribution in [0.5, 0.6) is 23.1 Å². The highest BCUT2D eigenvalue weighted by Gasteiger charge is 2.50. The van der Waals surface area contributed by atoms with E-state index in [0.717, 1.165) is 44.4 Å². The van der Waals surface area contributed by atoms with Gasteiger partial charge in [0.2, 0.25) is 0 Å². The van der Waals surface area contributed by atoms with Crippen molar-refractivity contribution in [3.05, 3.63) is 99.7 Å². The maximum absolute atomic E-state index is 14.2. The van der Waals surface area contributed by atoms with Crippen LogP contribution < -0.4 is 29.1 Å². The molecule has 5 heterocycles. The average molecular weight is 1000 g/mol. The zero-order valence-electron chi connectivity index (χ0n) is 39.9. The topological polar surface area (TPSA) is 211 Å². The summed E-state index contributed by atoms with van der Waals surface area (Å²) in [5, 5.41) is 26.6. The SMILES string of the molecule is CC(C)c1ccccc1[C@H]1COCCN1C1CC2(CCN(c3ccc(C(=O)NS(=O)(=O)c4cc5c(c([N+](=O)[O-])c4)N[C@@H]([C@H]4CC[C@](C)(O)CC4)CO5)c(Oc4cc5cc[nH]c5nc4OC(F)F)c3)CC2)C1. The van der Waals surface area contributed by atoms with Crippen molar-refractivity contribution in [1.29, 1.82) is 0 Å². The van der Waals surface area contributed by atoms with E-state index in [-0.39, 0.29) is 64.2 Å². The van der Waals surface area contributed by atoms with Crippen LogP contribution in [0.1, 0.15) is 106 Å². The second-order valence-electron chi connectivity index (χ2n) is 20.4. The minimum Gasteiger partial charge on any atom is -0.489 e. The summed E-state index contributed by atoms with van der Waals surface area (Å²) >= 11 is 0. The van der Waals surface area contributed by atoms with Gasteiger partial charge in [0.25, 0.3) is 27.5 Å². The van der Waals surface area contributed by atoms with Crippen LogP contribution in [0.3, 0.4) is 0 Å². The molecule has 378 valence electrons. The van der Waals surface area contributed by atoms with E-state index in [9.17, 15) is 37.2 Å². The van der Waals surface area contributed by atoms with E-state index in [1.807, 2.05) is 4.72 Å². The van der Waals surface area contributed by atoms with Crippen LogP contribution in [0.15, 0.2) is 77.8 Å². The van der Waals surface area contributed by atoms with Crippen molar-refractivity contribution in [1.82, 2.24) is 19.6 Å². The molecule has 0 unspecified atom stereocenters. The third-order valence-corrected chi connectivity index (χ3v) is 16.8. The van der Waals surface area contributed by atoms with Crippen LogP contribution in [-0.4, -0.2) is 103 Å². The molecule has 3 aromatic carbocycles. The number of anilines is 2. The molecular weight excluding hydrogens is 941 g/mol. The van der Waals surface area contributed by atoms with Gasteiger partial charge in [0.15, 0.2) is 17.2 Å². The van der Waals surface area contributed by atoms with Gasteiger partial charge in [-0.15, -0.1) is 0 Å². The number of pyridine rings is 1. The number of hydrogen-bond donors (Lipinski definition) is 4. The number of nitrogens with zero attached hydrogens (tertiary/aromatic N) is 4. The van der Waals surface area contributed by atoms with E-state index in [0.29, 0.717) is 75.0 Å². The number of ether oxygens (including phenoxy) is 4. The van der Waals surface area contributed by atoms with E-state index in [1.54, 1.807) is 31.3 Å². The second kappa shape index (κ2) is 19.2. The Bertz CT molecular complexity index is 2930. The third-order valence-electron chi connectivity index (χ3n) is 15.5. The quantitative estimate of drug-likeness (QED) is 0.0641. The van der Waals surface area contributed by atoms with Crippen LogP contribution in [-0.2, 0) is 14.8 Å². The zero-order valence-corrected chi connectivity index (χ0v) is 40.7. The molecule has 17 nitrogen and oxygen atoms in total. The smallest absolute Gasteiger partial charge is 0.388 e. The van der Waals surface area contributed by atoms with E-state index >= 15 is 0 Å². The number of amides is 1. The van der Waals surface area contributed by atoms with Gasteiger partial charge in [-0.3, -0.25) is 19.8 Å². The molecule has 2 aliphatic carbocycles. The summed E-state index contributed by atoms with van der Waals surface area (Å²) < 4.78 is 80.7. The number of nitro benzene ring substituents is 1. The molecule has 0 bridgehead atoms. The van der Waals surface area contributed by atoms with Gasteiger partial charge in [0, 0.05) is 61.1 Å². The van der Waals surface area contributed by atoms with Crippen molar-refractivity contribution in [3.63, 3.8) is 0 Å². The molecule has 3 aliphatic heterocycles. The number of H-pyrrole nitrogens is 1. The molecular formula is C51H59F2N7O10S. The van der Waals surface area contributed by atoms with Crippen LogP contribution in [0.4, 0.5) is 25.8 Å². The minimum absolute atomic E-state index is 0.0183. The standard InChI is InChI=1S/C51H59F2N7O10S/c1-30(2)36-6-4-5-7-37(36)41-29-67-21-20-59(41)34-26-51(27-34)15-18-58(19-16-51)33-8-9-38(42(23-33)69-44-22-32-12-17-54-46(32)56-48(44)70-49(52)53)47(61)57-71(65,66)35-24-40(60(63)64)45-43(25-35)68-28-39(55-45)31-10-13-50(3,62)14-11-31/h4-9,12,17,22-25,30-31,34,39,41,49,55,62H,10-11,13-16,18-21,26-29H2,1-3H3,(H,54,56)(H,57,61)/t31-,39-,41-,50-/m1/s1. The predicted octanol–water partition coefficient (Wildman–Crippen LogP) is 9.04. The summed E-state index contributed by atoms with van der Waals surface area (Å²) in [5.74, 6) is -1.77. The first-order valence-electron chi connectivity index (χ1n) is 24.4. The number of aliphatic hydroxyl groups is 1.